The first-order valence-corrected chi connectivity index (χ1v) is 2.23. The third kappa shape index (κ3) is 3.42. The Morgan fingerprint density at radius 3 is 2.14 bits per heavy atom. The van der Waals surface area contributed by atoms with E-state index in [-0.39, 0.29) is 12.3 Å². The van der Waals surface area contributed by atoms with E-state index < -0.39 is 0 Å². The van der Waals surface area contributed by atoms with Gasteiger partial charge in [-0.1, -0.05) is 0 Å². The Balaban J connectivity index is 3.00. The van der Waals surface area contributed by atoms with Crippen molar-refractivity contribution in [1.82, 2.24) is 0 Å². The molecule has 0 spiro atoms. The molecule has 7 heavy (non-hydrogen) atoms. The third-order valence-electron chi connectivity index (χ3n) is 0.651. The molecule has 3 nitrogen and oxygen atoms in total. The van der Waals surface area contributed by atoms with Gasteiger partial charge < -0.3 is 11.5 Å². The molecule has 0 fully saturated rings. The molecule has 0 aliphatic heterocycles. The molecule has 0 bridgehead atoms. The number of nitrogens with two attached hydrogens (primary N) is 2. The fourth-order valence-corrected chi connectivity index (χ4v) is 0.263. The number of hydrogen-bond donors (Lipinski definition) is 2. The Morgan fingerprint density at radius 1 is 1.43 bits per heavy atom. The molecule has 0 heterocycles. The average molecular weight is 102 g/mol. The molecular weight excluding hydrogens is 92.1 g/mol. The quantitative estimate of drug-likeness (QED) is 0.473. The minimum absolute atomic E-state index is 0.0301. The zero-order valence-electron chi connectivity index (χ0n) is 4.18. The number of rotatable bonds is 3. The summed E-state index contributed by atoms with van der Waals surface area (Å²) in [5, 5.41) is 0. The van der Waals surface area contributed by atoms with Gasteiger partial charge in [0.15, 0.2) is 0 Å². The van der Waals surface area contributed by atoms with Gasteiger partial charge in [-0.2, -0.15) is 0 Å². The van der Waals surface area contributed by atoms with Gasteiger partial charge in [-0.05, 0) is 6.54 Å². The molecule has 0 radical (unpaired) electrons. The van der Waals surface area contributed by atoms with Crippen LogP contribution in [0.25, 0.3) is 0 Å². The number of hydrogen-bond acceptors (Lipinski definition) is 3. The molecule has 0 aromatic heterocycles. The summed E-state index contributed by atoms with van der Waals surface area (Å²) in [6, 6.07) is 0. The maximum Gasteiger partial charge on any atom is 0.147 e. The molecule has 42 valence electrons. The van der Waals surface area contributed by atoms with E-state index in [1.54, 1.807) is 0 Å². The van der Waals surface area contributed by atoms with Crippen molar-refractivity contribution in [2.24, 2.45) is 11.5 Å². The highest BCUT2D eigenvalue weighted by molar-refractivity contribution is 5.80. The van der Waals surface area contributed by atoms with Gasteiger partial charge in [-0.15, -0.1) is 0 Å². The molecule has 0 amide bonds. The van der Waals surface area contributed by atoms with E-state index in [1.165, 1.54) is 0 Å². The summed E-state index contributed by atoms with van der Waals surface area (Å²) in [6.07, 6.45) is 0.413. The first-order chi connectivity index (χ1) is 3.31. The van der Waals surface area contributed by atoms with Crippen LogP contribution in [0.4, 0.5) is 0 Å². The van der Waals surface area contributed by atoms with Crippen LogP contribution in [0, 0.1) is 0 Å². The second kappa shape index (κ2) is 3.77. The average Bonchev–Trinajstić information content (AvgIpc) is 1.68. The van der Waals surface area contributed by atoms with Crippen molar-refractivity contribution in [3.63, 3.8) is 0 Å². The van der Waals surface area contributed by atoms with Crippen molar-refractivity contribution < 1.29 is 4.79 Å². The zero-order chi connectivity index (χ0) is 5.70. The van der Waals surface area contributed by atoms with Crippen molar-refractivity contribution in [1.29, 1.82) is 0 Å². The van der Waals surface area contributed by atoms with Crippen LogP contribution in [0.2, 0.25) is 0 Å². The van der Waals surface area contributed by atoms with Gasteiger partial charge in [0.2, 0.25) is 0 Å². The standard InChI is InChI=1S/C4H10N2O/c5-2-1-4(7)3-6/h1-3,5-6H2. The zero-order valence-corrected chi connectivity index (χ0v) is 4.18. The monoisotopic (exact) mass is 102 g/mol. The molecule has 0 aromatic carbocycles. The van der Waals surface area contributed by atoms with Gasteiger partial charge in [0.1, 0.15) is 5.78 Å². The summed E-state index contributed by atoms with van der Waals surface area (Å²) in [5.41, 5.74) is 9.98. The predicted octanol–water partition coefficient (Wildman–Crippen LogP) is -1.14. The molecule has 0 unspecified atom stereocenters. The van der Waals surface area contributed by atoms with E-state index in [0.29, 0.717) is 13.0 Å². The molecule has 4 N–H and O–H groups in total. The van der Waals surface area contributed by atoms with Crippen molar-refractivity contribution >= 4 is 5.78 Å². The van der Waals surface area contributed by atoms with Crippen LogP contribution in [-0.2, 0) is 4.79 Å². The van der Waals surface area contributed by atoms with E-state index >= 15 is 0 Å². The summed E-state index contributed by atoms with van der Waals surface area (Å²) >= 11 is 0. The van der Waals surface area contributed by atoms with Crippen molar-refractivity contribution in [2.75, 3.05) is 13.1 Å². The van der Waals surface area contributed by atoms with Gasteiger partial charge >= 0.3 is 0 Å². The maximum atomic E-state index is 10.2. The molecule has 0 rings (SSSR count). The van der Waals surface area contributed by atoms with E-state index in [2.05, 4.69) is 0 Å². The normalized spacial score (nSPS) is 8.86. The largest absolute Gasteiger partial charge is 0.330 e. The Labute approximate surface area is 42.7 Å². The third-order valence-corrected chi connectivity index (χ3v) is 0.651. The predicted molar refractivity (Wildman–Crippen MR) is 27.7 cm³/mol. The molecule has 3 heteroatoms. The minimum atomic E-state index is 0.0301. The summed E-state index contributed by atoms with van der Waals surface area (Å²) in [5.74, 6) is 0.0301. The van der Waals surface area contributed by atoms with E-state index in [1.807, 2.05) is 0 Å². The molecule has 0 aromatic rings. The van der Waals surface area contributed by atoms with E-state index in [9.17, 15) is 4.79 Å². The van der Waals surface area contributed by atoms with Gasteiger partial charge in [0.05, 0.1) is 6.54 Å². The van der Waals surface area contributed by atoms with Crippen molar-refractivity contribution in [3.05, 3.63) is 0 Å². The topological polar surface area (TPSA) is 69.1 Å². The Hall–Kier alpha value is -0.410. The smallest absolute Gasteiger partial charge is 0.147 e. The first-order valence-electron chi connectivity index (χ1n) is 2.23. The Bertz CT molecular complexity index is 62.7. The molecule has 0 saturated heterocycles. The summed E-state index contributed by atoms with van der Waals surface area (Å²) in [6.45, 7) is 0.535. The van der Waals surface area contributed by atoms with Crippen LogP contribution in [0.3, 0.4) is 0 Å². The van der Waals surface area contributed by atoms with Gasteiger partial charge in [0.25, 0.3) is 0 Å². The molecule has 0 aliphatic carbocycles. The van der Waals surface area contributed by atoms with Gasteiger partial charge in [-0.3, -0.25) is 4.79 Å². The van der Waals surface area contributed by atoms with E-state index in [0.717, 1.165) is 0 Å². The minimum Gasteiger partial charge on any atom is -0.330 e. The lowest BCUT2D eigenvalue weighted by molar-refractivity contribution is -0.117. The van der Waals surface area contributed by atoms with Crippen LogP contribution in [0.5, 0.6) is 0 Å². The Kier molecular flexibility index (Phi) is 3.55. The van der Waals surface area contributed by atoms with E-state index in [4.69, 9.17) is 11.5 Å². The lowest BCUT2D eigenvalue weighted by Crippen LogP contribution is -2.16. The summed E-state index contributed by atoms with van der Waals surface area (Å²) < 4.78 is 0. The highest BCUT2D eigenvalue weighted by Gasteiger charge is 1.91. The Morgan fingerprint density at radius 2 is 2.00 bits per heavy atom. The second-order valence-corrected chi connectivity index (χ2v) is 1.28. The lowest BCUT2D eigenvalue weighted by Gasteiger charge is -1.87. The van der Waals surface area contributed by atoms with Crippen molar-refractivity contribution in [2.45, 2.75) is 6.42 Å². The first kappa shape index (κ1) is 6.59. The molecule has 0 aliphatic rings. The molecule has 0 atom stereocenters. The fraction of sp³-hybridized carbons (Fsp3) is 0.750. The van der Waals surface area contributed by atoms with Crippen LogP contribution < -0.4 is 11.5 Å². The fourth-order valence-electron chi connectivity index (χ4n) is 0.263. The van der Waals surface area contributed by atoms with Crippen LogP contribution in [0.15, 0.2) is 0 Å². The summed E-state index contributed by atoms with van der Waals surface area (Å²) in [7, 11) is 0. The number of ketones is 1. The highest BCUT2D eigenvalue weighted by Crippen LogP contribution is 1.72. The second-order valence-electron chi connectivity index (χ2n) is 1.28. The van der Waals surface area contributed by atoms with Crippen LogP contribution >= 0.6 is 0 Å². The van der Waals surface area contributed by atoms with Crippen LogP contribution in [-0.4, -0.2) is 18.9 Å². The van der Waals surface area contributed by atoms with Gasteiger partial charge in [0, 0.05) is 6.42 Å². The number of Topliss-reactive ketones (excluding diaryl/α,β-unsaturated/α-hetero) is 1. The molecular formula is C4H10N2O. The van der Waals surface area contributed by atoms with Gasteiger partial charge in [-0.25, -0.2) is 0 Å². The highest BCUT2D eigenvalue weighted by atomic mass is 16.1. The van der Waals surface area contributed by atoms with Crippen molar-refractivity contribution in [3.8, 4) is 0 Å². The maximum absolute atomic E-state index is 10.2. The number of carbonyl (C=O) groups is 1. The number of carbonyl (C=O) groups excluding carboxylic acids is 1. The van der Waals surface area contributed by atoms with Crippen LogP contribution in [0.1, 0.15) is 6.42 Å². The summed E-state index contributed by atoms with van der Waals surface area (Å²) in [4.78, 5) is 10.2. The SMILES string of the molecule is NCCC(=O)CN. The molecule has 0 saturated carbocycles. The lowest BCUT2D eigenvalue weighted by atomic mass is 10.3.